The van der Waals surface area contributed by atoms with E-state index in [1.54, 1.807) is 0 Å². The van der Waals surface area contributed by atoms with Crippen molar-refractivity contribution in [2.24, 2.45) is 0 Å². The van der Waals surface area contributed by atoms with Gasteiger partial charge in [-0.15, -0.1) is 0 Å². The van der Waals surface area contributed by atoms with Crippen LogP contribution < -0.4 is 10.5 Å². The van der Waals surface area contributed by atoms with Crippen molar-refractivity contribution < 1.29 is 12.8 Å². The first-order valence-corrected chi connectivity index (χ1v) is 7.36. The molecule has 0 radical (unpaired) electrons. The summed E-state index contributed by atoms with van der Waals surface area (Å²) in [6.07, 6.45) is 1.37. The maximum absolute atomic E-state index is 13.5. The lowest BCUT2D eigenvalue weighted by molar-refractivity contribution is 0.598. The summed E-state index contributed by atoms with van der Waals surface area (Å²) in [5.74, 6) is -0.834. The van der Waals surface area contributed by atoms with Gasteiger partial charge in [0.15, 0.2) is 0 Å². The highest BCUT2D eigenvalue weighted by molar-refractivity contribution is 9.10. The summed E-state index contributed by atoms with van der Waals surface area (Å²) in [4.78, 5) is 3.48. The average molecular weight is 346 g/mol. The van der Waals surface area contributed by atoms with Gasteiger partial charge in [0, 0.05) is 10.7 Å². The smallest absolute Gasteiger partial charge is 0.265 e. The van der Waals surface area contributed by atoms with Crippen LogP contribution in [0.5, 0.6) is 0 Å². The van der Waals surface area contributed by atoms with Crippen molar-refractivity contribution >= 4 is 37.5 Å². The molecule has 8 heteroatoms. The Morgan fingerprint density at radius 2 is 2.05 bits per heavy atom. The van der Waals surface area contributed by atoms with Gasteiger partial charge in [0.2, 0.25) is 0 Å². The van der Waals surface area contributed by atoms with Crippen molar-refractivity contribution in [1.29, 1.82) is 0 Å². The Bertz CT molecular complexity index is 722. The fourth-order valence-electron chi connectivity index (χ4n) is 1.41. The molecule has 0 aliphatic rings. The third kappa shape index (κ3) is 3.02. The van der Waals surface area contributed by atoms with Gasteiger partial charge < -0.3 is 5.73 Å². The molecule has 0 spiro atoms. The second kappa shape index (κ2) is 5.14. The van der Waals surface area contributed by atoms with Gasteiger partial charge in [0.05, 0.1) is 5.69 Å². The molecule has 2 aromatic rings. The van der Waals surface area contributed by atoms with Crippen LogP contribution in [0.25, 0.3) is 0 Å². The Balaban J connectivity index is 2.43. The van der Waals surface area contributed by atoms with E-state index in [0.717, 1.165) is 6.07 Å². The molecule has 0 unspecified atom stereocenters. The topological polar surface area (TPSA) is 85.1 Å². The van der Waals surface area contributed by atoms with E-state index in [1.807, 2.05) is 0 Å². The van der Waals surface area contributed by atoms with Crippen molar-refractivity contribution in [2.45, 2.75) is 4.90 Å². The molecule has 5 nitrogen and oxygen atoms in total. The number of hydrogen-bond acceptors (Lipinski definition) is 4. The molecule has 0 saturated heterocycles. The molecule has 1 heterocycles. The van der Waals surface area contributed by atoms with Gasteiger partial charge in [-0.05, 0) is 30.3 Å². The van der Waals surface area contributed by atoms with E-state index in [-0.39, 0.29) is 16.4 Å². The van der Waals surface area contributed by atoms with E-state index < -0.39 is 15.8 Å². The zero-order chi connectivity index (χ0) is 14.0. The highest BCUT2D eigenvalue weighted by Gasteiger charge is 2.19. The lowest BCUT2D eigenvalue weighted by atomic mass is 10.3. The predicted molar refractivity (Wildman–Crippen MR) is 73.6 cm³/mol. The highest BCUT2D eigenvalue weighted by atomic mass is 79.9. The molecule has 0 amide bonds. The quantitative estimate of drug-likeness (QED) is 0.894. The number of nitrogens with one attached hydrogen (secondary N) is 1. The van der Waals surface area contributed by atoms with E-state index in [1.165, 1.54) is 30.5 Å². The molecule has 3 N–H and O–H groups in total. The summed E-state index contributed by atoms with van der Waals surface area (Å²) in [7, 11) is -3.98. The van der Waals surface area contributed by atoms with Gasteiger partial charge in [-0.3, -0.25) is 4.72 Å². The summed E-state index contributed by atoms with van der Waals surface area (Å²) in [5, 5.41) is 0. The number of nitrogens with two attached hydrogens (primary N) is 1. The van der Waals surface area contributed by atoms with Crippen LogP contribution >= 0.6 is 15.9 Å². The van der Waals surface area contributed by atoms with Crippen molar-refractivity contribution in [3.63, 3.8) is 0 Å². The molecule has 1 aromatic heterocycles. The fraction of sp³-hybridized carbons (Fsp3) is 0. The standard InChI is InChI=1S/C11H9BrFN3O2S/c12-7-3-4-8(13)9(6-7)16-19(17,18)10-2-1-5-15-11(10)14/h1-6,16H,(H2,14,15). The molecule has 1 aromatic carbocycles. The van der Waals surface area contributed by atoms with E-state index in [9.17, 15) is 12.8 Å². The van der Waals surface area contributed by atoms with Crippen molar-refractivity contribution in [1.82, 2.24) is 4.98 Å². The number of aromatic nitrogens is 1. The summed E-state index contributed by atoms with van der Waals surface area (Å²) in [5.41, 5.74) is 5.33. The SMILES string of the molecule is Nc1ncccc1S(=O)(=O)Nc1cc(Br)ccc1F. The minimum atomic E-state index is -3.98. The predicted octanol–water partition coefficient (Wildman–Crippen LogP) is 2.37. The van der Waals surface area contributed by atoms with Crippen LogP contribution in [0.1, 0.15) is 0 Å². The average Bonchev–Trinajstić information content (AvgIpc) is 2.34. The number of nitrogens with zero attached hydrogens (tertiary/aromatic N) is 1. The van der Waals surface area contributed by atoms with Gasteiger partial charge in [-0.2, -0.15) is 0 Å². The molecule has 0 aliphatic heterocycles. The molecular formula is C11H9BrFN3O2S. The van der Waals surface area contributed by atoms with E-state index in [4.69, 9.17) is 5.73 Å². The number of hydrogen-bond donors (Lipinski definition) is 2. The van der Waals surface area contributed by atoms with Gasteiger partial charge in [-0.25, -0.2) is 17.8 Å². The Labute approximate surface area is 117 Å². The third-order valence-corrected chi connectivity index (χ3v) is 4.17. The van der Waals surface area contributed by atoms with Crippen LogP contribution in [0, 0.1) is 5.82 Å². The summed E-state index contributed by atoms with van der Waals surface area (Å²) in [6, 6.07) is 6.66. The molecule has 0 bridgehead atoms. The molecule has 0 saturated carbocycles. The number of halogens is 2. The van der Waals surface area contributed by atoms with Crippen molar-refractivity contribution in [2.75, 3.05) is 10.5 Å². The van der Waals surface area contributed by atoms with Crippen LogP contribution in [0.4, 0.5) is 15.9 Å². The van der Waals surface area contributed by atoms with Gasteiger partial charge in [0.25, 0.3) is 10.0 Å². The normalized spacial score (nSPS) is 11.3. The zero-order valence-electron chi connectivity index (χ0n) is 9.47. The first-order valence-electron chi connectivity index (χ1n) is 5.08. The monoisotopic (exact) mass is 345 g/mol. The molecule has 100 valence electrons. The Kier molecular flexibility index (Phi) is 3.72. The maximum atomic E-state index is 13.5. The lowest BCUT2D eigenvalue weighted by Gasteiger charge is -2.10. The maximum Gasteiger partial charge on any atom is 0.265 e. The Hall–Kier alpha value is -1.67. The number of benzene rings is 1. The fourth-order valence-corrected chi connectivity index (χ4v) is 2.91. The molecule has 0 fully saturated rings. The minimum Gasteiger partial charge on any atom is -0.383 e. The molecule has 19 heavy (non-hydrogen) atoms. The number of rotatable bonds is 3. The lowest BCUT2D eigenvalue weighted by Crippen LogP contribution is -2.16. The van der Waals surface area contributed by atoms with Crippen LogP contribution in [0.3, 0.4) is 0 Å². The molecule has 0 aliphatic carbocycles. The number of pyridine rings is 1. The van der Waals surface area contributed by atoms with E-state index in [2.05, 4.69) is 25.6 Å². The van der Waals surface area contributed by atoms with Crippen molar-refractivity contribution in [3.8, 4) is 0 Å². The van der Waals surface area contributed by atoms with Gasteiger partial charge >= 0.3 is 0 Å². The molecule has 2 rings (SSSR count). The molecule has 0 atom stereocenters. The Morgan fingerprint density at radius 1 is 1.32 bits per heavy atom. The van der Waals surface area contributed by atoms with Gasteiger partial charge in [-0.1, -0.05) is 15.9 Å². The largest absolute Gasteiger partial charge is 0.383 e. The van der Waals surface area contributed by atoms with Crippen LogP contribution in [-0.2, 0) is 10.0 Å². The van der Waals surface area contributed by atoms with Crippen molar-refractivity contribution in [3.05, 3.63) is 46.8 Å². The molecular weight excluding hydrogens is 337 g/mol. The number of anilines is 2. The second-order valence-corrected chi connectivity index (χ2v) is 6.18. The van der Waals surface area contributed by atoms with Crippen LogP contribution in [0.15, 0.2) is 45.9 Å². The highest BCUT2D eigenvalue weighted by Crippen LogP contribution is 2.24. The third-order valence-electron chi connectivity index (χ3n) is 2.26. The minimum absolute atomic E-state index is 0.148. The second-order valence-electron chi connectivity index (χ2n) is 3.62. The summed E-state index contributed by atoms with van der Waals surface area (Å²) in [6.45, 7) is 0. The van der Waals surface area contributed by atoms with Crippen LogP contribution in [0.2, 0.25) is 0 Å². The van der Waals surface area contributed by atoms with E-state index >= 15 is 0 Å². The Morgan fingerprint density at radius 3 is 2.74 bits per heavy atom. The van der Waals surface area contributed by atoms with Gasteiger partial charge in [0.1, 0.15) is 16.5 Å². The summed E-state index contributed by atoms with van der Waals surface area (Å²) < 4.78 is 40.3. The zero-order valence-corrected chi connectivity index (χ0v) is 11.9. The van der Waals surface area contributed by atoms with Crippen LogP contribution in [-0.4, -0.2) is 13.4 Å². The van der Waals surface area contributed by atoms with E-state index in [0.29, 0.717) is 4.47 Å². The summed E-state index contributed by atoms with van der Waals surface area (Å²) >= 11 is 3.14. The number of nitrogen functional groups attached to an aromatic ring is 1. The first-order chi connectivity index (χ1) is 8.90. The first kappa shape index (κ1) is 13.8. The number of sulfonamides is 1.